The van der Waals surface area contributed by atoms with Crippen LogP contribution in [0.15, 0.2) is 59.4 Å². The number of halogens is 2. The molecule has 0 fully saturated rings. The molecule has 0 radical (unpaired) electrons. The summed E-state index contributed by atoms with van der Waals surface area (Å²) in [6, 6.07) is 16.3. The van der Waals surface area contributed by atoms with E-state index in [1.54, 1.807) is 18.2 Å². The molecule has 0 aliphatic rings. The second kappa shape index (κ2) is 6.23. The van der Waals surface area contributed by atoms with Gasteiger partial charge in [-0.15, -0.1) is 11.3 Å². The lowest BCUT2D eigenvalue weighted by Crippen LogP contribution is -2.08. The first-order valence-electron chi connectivity index (χ1n) is 7.45. The summed E-state index contributed by atoms with van der Waals surface area (Å²) in [5.74, 6) is -0.0944. The number of hydrogen-bond acceptors (Lipinski definition) is 3. The molecule has 6 heteroatoms. The van der Waals surface area contributed by atoms with Crippen LogP contribution in [0.3, 0.4) is 0 Å². The van der Waals surface area contributed by atoms with Crippen LogP contribution in [0.4, 0.5) is 0 Å². The fraction of sp³-hybridized carbons (Fsp3) is 0. The van der Waals surface area contributed by atoms with Crippen molar-refractivity contribution in [1.82, 2.24) is 4.98 Å². The van der Waals surface area contributed by atoms with Gasteiger partial charge in [-0.3, -0.25) is 4.79 Å². The smallest absolute Gasteiger partial charge is 0.260 e. The van der Waals surface area contributed by atoms with Gasteiger partial charge in [0.05, 0.1) is 10.9 Å². The number of aromatic hydroxyl groups is 1. The third kappa shape index (κ3) is 2.63. The number of pyridine rings is 1. The number of aromatic nitrogens is 1. The van der Waals surface area contributed by atoms with Crippen LogP contribution in [-0.2, 0) is 0 Å². The highest BCUT2D eigenvalue weighted by atomic mass is 35.5. The topological polar surface area (TPSA) is 53.1 Å². The minimum absolute atomic E-state index is 0.0944. The Balaban J connectivity index is 2.12. The van der Waals surface area contributed by atoms with Crippen molar-refractivity contribution >= 4 is 44.8 Å². The fourth-order valence-corrected chi connectivity index (χ4v) is 4.49. The highest BCUT2D eigenvalue weighted by Crippen LogP contribution is 2.48. The molecule has 0 saturated carbocycles. The van der Waals surface area contributed by atoms with E-state index >= 15 is 0 Å². The predicted molar refractivity (Wildman–Crippen MR) is 105 cm³/mol. The predicted octanol–water partition coefficient (Wildman–Crippen LogP) is 5.94. The fourth-order valence-electron chi connectivity index (χ4n) is 2.89. The molecule has 124 valence electrons. The average Bonchev–Trinajstić information content (AvgIpc) is 2.92. The third-order valence-corrected chi connectivity index (χ3v) is 5.64. The zero-order chi connectivity index (χ0) is 17.6. The maximum absolute atomic E-state index is 12.5. The molecule has 25 heavy (non-hydrogen) atoms. The minimum atomic E-state index is -0.361. The van der Waals surface area contributed by atoms with Crippen LogP contribution < -0.4 is 5.56 Å². The van der Waals surface area contributed by atoms with Crippen molar-refractivity contribution < 1.29 is 5.11 Å². The summed E-state index contributed by atoms with van der Waals surface area (Å²) in [4.78, 5) is 15.8. The second-order valence-corrected chi connectivity index (χ2v) is 7.51. The second-order valence-electron chi connectivity index (χ2n) is 5.48. The maximum Gasteiger partial charge on any atom is 0.260 e. The first-order valence-corrected chi connectivity index (χ1v) is 9.02. The van der Waals surface area contributed by atoms with E-state index < -0.39 is 0 Å². The van der Waals surface area contributed by atoms with Crippen LogP contribution in [0.1, 0.15) is 0 Å². The monoisotopic (exact) mass is 387 g/mol. The Kier molecular flexibility index (Phi) is 4.04. The Morgan fingerprint density at radius 2 is 1.60 bits per heavy atom. The summed E-state index contributed by atoms with van der Waals surface area (Å²) in [7, 11) is 0. The van der Waals surface area contributed by atoms with Gasteiger partial charge in [0.25, 0.3) is 5.56 Å². The molecule has 4 rings (SSSR count). The number of rotatable bonds is 2. The number of thiophene rings is 1. The maximum atomic E-state index is 12.5. The van der Waals surface area contributed by atoms with Crippen molar-refractivity contribution in [2.75, 3.05) is 0 Å². The Morgan fingerprint density at radius 1 is 0.920 bits per heavy atom. The molecule has 2 aromatic carbocycles. The van der Waals surface area contributed by atoms with Crippen LogP contribution in [0.25, 0.3) is 32.5 Å². The summed E-state index contributed by atoms with van der Waals surface area (Å²) < 4.78 is 0.458. The molecule has 2 aromatic heterocycles. The van der Waals surface area contributed by atoms with E-state index in [0.29, 0.717) is 36.3 Å². The summed E-state index contributed by atoms with van der Waals surface area (Å²) in [6.45, 7) is 0. The van der Waals surface area contributed by atoms with Crippen LogP contribution in [0, 0.1) is 0 Å². The summed E-state index contributed by atoms with van der Waals surface area (Å²) in [5.41, 5.74) is 1.83. The van der Waals surface area contributed by atoms with Crippen LogP contribution in [-0.4, -0.2) is 10.1 Å². The molecular weight excluding hydrogens is 377 g/mol. The SMILES string of the molecule is O=c1[nH]c2sc(Cl)c(-c3ccccc3Cl)c2c(O)c1-c1ccccc1. The third-order valence-electron chi connectivity index (χ3n) is 4.00. The first-order chi connectivity index (χ1) is 12.1. The van der Waals surface area contributed by atoms with E-state index in [1.807, 2.05) is 36.4 Å². The molecule has 2 heterocycles. The highest BCUT2D eigenvalue weighted by Gasteiger charge is 2.22. The van der Waals surface area contributed by atoms with E-state index in [2.05, 4.69) is 4.98 Å². The van der Waals surface area contributed by atoms with Gasteiger partial charge in [-0.25, -0.2) is 0 Å². The van der Waals surface area contributed by atoms with Gasteiger partial charge in [-0.05, 0) is 11.6 Å². The summed E-state index contributed by atoms with van der Waals surface area (Å²) >= 11 is 14.0. The van der Waals surface area contributed by atoms with E-state index in [1.165, 1.54) is 11.3 Å². The van der Waals surface area contributed by atoms with Gasteiger partial charge in [0.1, 0.15) is 14.9 Å². The standard InChI is InChI=1S/C19H11Cl2NO2S/c20-12-9-5-4-8-11(12)14-15-16(23)13(10-6-2-1-3-7-10)18(24)22-19(15)25-17(14)21/h1-9H,(H2,22,23,24). The van der Waals surface area contributed by atoms with Gasteiger partial charge in [0.15, 0.2) is 0 Å². The molecule has 0 bridgehead atoms. The summed E-state index contributed by atoms with van der Waals surface area (Å²) in [5, 5.41) is 11.9. The molecule has 2 N–H and O–H groups in total. The molecule has 0 aliphatic heterocycles. The van der Waals surface area contributed by atoms with Crippen LogP contribution >= 0.6 is 34.5 Å². The summed E-state index contributed by atoms with van der Waals surface area (Å²) in [6.07, 6.45) is 0. The van der Waals surface area contributed by atoms with Crippen molar-refractivity contribution in [3.05, 3.63) is 74.3 Å². The minimum Gasteiger partial charge on any atom is -0.506 e. The molecule has 0 unspecified atom stereocenters. The normalized spacial score (nSPS) is 11.1. The number of hydrogen-bond donors (Lipinski definition) is 2. The molecule has 0 aliphatic carbocycles. The average molecular weight is 388 g/mol. The Labute approximate surface area is 157 Å². The number of benzene rings is 2. The van der Waals surface area contributed by atoms with Gasteiger partial charge >= 0.3 is 0 Å². The van der Waals surface area contributed by atoms with Gasteiger partial charge < -0.3 is 10.1 Å². The number of aromatic amines is 1. The van der Waals surface area contributed by atoms with E-state index in [4.69, 9.17) is 23.2 Å². The van der Waals surface area contributed by atoms with Crippen molar-refractivity contribution in [2.24, 2.45) is 0 Å². The highest BCUT2D eigenvalue weighted by molar-refractivity contribution is 7.23. The van der Waals surface area contributed by atoms with Crippen LogP contribution in [0.2, 0.25) is 9.36 Å². The molecule has 3 nitrogen and oxygen atoms in total. The van der Waals surface area contributed by atoms with Crippen molar-refractivity contribution in [3.8, 4) is 28.0 Å². The van der Waals surface area contributed by atoms with Gasteiger partial charge in [0, 0.05) is 16.1 Å². The quantitative estimate of drug-likeness (QED) is 0.447. The Hall–Kier alpha value is -2.27. The zero-order valence-corrected chi connectivity index (χ0v) is 15.0. The molecule has 0 spiro atoms. The van der Waals surface area contributed by atoms with Gasteiger partial charge in [-0.1, -0.05) is 71.7 Å². The number of fused-ring (bicyclic) bond motifs is 1. The van der Waals surface area contributed by atoms with Crippen LogP contribution in [0.5, 0.6) is 5.75 Å². The lowest BCUT2D eigenvalue weighted by molar-refractivity contribution is 0.483. The lowest BCUT2D eigenvalue weighted by Gasteiger charge is -2.08. The zero-order valence-electron chi connectivity index (χ0n) is 12.7. The molecule has 0 atom stereocenters. The van der Waals surface area contributed by atoms with Gasteiger partial charge in [0.2, 0.25) is 0 Å². The van der Waals surface area contributed by atoms with E-state index in [0.717, 1.165) is 0 Å². The Morgan fingerprint density at radius 3 is 2.32 bits per heavy atom. The Bertz CT molecular complexity index is 1150. The van der Waals surface area contributed by atoms with Crippen molar-refractivity contribution in [3.63, 3.8) is 0 Å². The number of nitrogens with one attached hydrogen (secondary N) is 1. The molecule has 0 amide bonds. The lowest BCUT2D eigenvalue weighted by atomic mass is 10.0. The molecule has 4 aromatic rings. The van der Waals surface area contributed by atoms with Gasteiger partial charge in [-0.2, -0.15) is 0 Å². The van der Waals surface area contributed by atoms with Crippen molar-refractivity contribution in [2.45, 2.75) is 0 Å². The number of H-pyrrole nitrogens is 1. The van der Waals surface area contributed by atoms with Crippen molar-refractivity contribution in [1.29, 1.82) is 0 Å². The molecular formula is C19H11Cl2NO2S. The largest absolute Gasteiger partial charge is 0.506 e. The van der Waals surface area contributed by atoms with E-state index in [-0.39, 0.29) is 16.9 Å². The molecule has 0 saturated heterocycles. The van der Waals surface area contributed by atoms with E-state index in [9.17, 15) is 9.90 Å². The first kappa shape index (κ1) is 16.2.